The highest BCUT2D eigenvalue weighted by Gasteiger charge is 2.20. The number of hydrogen-bond acceptors (Lipinski definition) is 4. The van der Waals surface area contributed by atoms with Crippen molar-refractivity contribution in [1.82, 2.24) is 10.6 Å². The molecule has 1 aromatic carbocycles. The summed E-state index contributed by atoms with van der Waals surface area (Å²) in [5.41, 5.74) is 0.585. The van der Waals surface area contributed by atoms with Crippen LogP contribution in [0.2, 0.25) is 0 Å². The molecular formula is C17H21FN2O5. The summed E-state index contributed by atoms with van der Waals surface area (Å²) in [4.78, 5) is 33.8. The topological polar surface area (TPSA) is 105 Å². The van der Waals surface area contributed by atoms with Crippen LogP contribution in [0.1, 0.15) is 24.8 Å². The van der Waals surface area contributed by atoms with Gasteiger partial charge in [0.2, 0.25) is 5.91 Å². The maximum Gasteiger partial charge on any atom is 0.408 e. The van der Waals surface area contributed by atoms with Crippen LogP contribution in [0.15, 0.2) is 36.9 Å². The molecule has 2 amide bonds. The third kappa shape index (κ3) is 8.50. The van der Waals surface area contributed by atoms with Gasteiger partial charge >= 0.3 is 12.1 Å². The number of ether oxygens (including phenoxy) is 1. The van der Waals surface area contributed by atoms with Gasteiger partial charge in [-0.25, -0.2) is 14.0 Å². The largest absolute Gasteiger partial charge is 0.480 e. The normalized spacial score (nSPS) is 11.2. The van der Waals surface area contributed by atoms with E-state index < -0.39 is 23.9 Å². The van der Waals surface area contributed by atoms with Crippen LogP contribution in [0.3, 0.4) is 0 Å². The number of benzene rings is 1. The number of rotatable bonds is 10. The number of alkyl carbamates (subject to hydrolysis) is 1. The predicted octanol–water partition coefficient (Wildman–Crippen LogP) is 1.98. The predicted molar refractivity (Wildman–Crippen MR) is 88.2 cm³/mol. The quantitative estimate of drug-likeness (QED) is 0.441. The van der Waals surface area contributed by atoms with Gasteiger partial charge in [-0.2, -0.15) is 0 Å². The number of carboxylic acid groups (broad SMARTS) is 1. The Hall–Kier alpha value is -2.90. The number of carbonyl (C=O) groups excluding carboxylic acids is 2. The van der Waals surface area contributed by atoms with E-state index in [9.17, 15) is 18.8 Å². The van der Waals surface area contributed by atoms with Crippen LogP contribution in [-0.4, -0.2) is 35.7 Å². The molecule has 1 aromatic rings. The van der Waals surface area contributed by atoms with Gasteiger partial charge in [0, 0.05) is 6.54 Å². The van der Waals surface area contributed by atoms with Crippen molar-refractivity contribution in [2.75, 3.05) is 6.54 Å². The number of carbonyl (C=O) groups is 3. The SMILES string of the molecule is C=CC(=O)NCCCC[C@H](NC(=O)OCc1ccc(F)cc1)C(=O)O. The summed E-state index contributed by atoms with van der Waals surface area (Å²) >= 11 is 0. The summed E-state index contributed by atoms with van der Waals surface area (Å²) in [5.74, 6) is -1.87. The highest BCUT2D eigenvalue weighted by Crippen LogP contribution is 2.05. The van der Waals surface area contributed by atoms with E-state index in [4.69, 9.17) is 9.84 Å². The van der Waals surface area contributed by atoms with Gasteiger partial charge in [-0.15, -0.1) is 0 Å². The minimum atomic E-state index is -1.17. The molecule has 0 fully saturated rings. The first-order valence-corrected chi connectivity index (χ1v) is 7.73. The van der Waals surface area contributed by atoms with Crippen molar-refractivity contribution in [3.63, 3.8) is 0 Å². The first-order valence-electron chi connectivity index (χ1n) is 7.73. The summed E-state index contributed by atoms with van der Waals surface area (Å²) < 4.78 is 17.7. The molecular weight excluding hydrogens is 331 g/mol. The molecule has 136 valence electrons. The third-order valence-corrected chi connectivity index (χ3v) is 3.28. The second kappa shape index (κ2) is 10.8. The third-order valence-electron chi connectivity index (χ3n) is 3.28. The van der Waals surface area contributed by atoms with E-state index in [0.29, 0.717) is 24.9 Å². The second-order valence-electron chi connectivity index (χ2n) is 5.23. The maximum absolute atomic E-state index is 12.8. The van der Waals surface area contributed by atoms with Crippen LogP contribution in [-0.2, 0) is 20.9 Å². The van der Waals surface area contributed by atoms with Crippen molar-refractivity contribution in [2.24, 2.45) is 0 Å². The number of carboxylic acids is 1. The summed E-state index contributed by atoms with van der Waals surface area (Å²) in [6.45, 7) is 3.62. The zero-order chi connectivity index (χ0) is 18.7. The van der Waals surface area contributed by atoms with Gasteiger partial charge in [-0.05, 0) is 43.0 Å². The average molecular weight is 352 g/mol. The van der Waals surface area contributed by atoms with Gasteiger partial charge in [0.15, 0.2) is 0 Å². The van der Waals surface area contributed by atoms with Gasteiger partial charge in [0.25, 0.3) is 0 Å². The zero-order valence-corrected chi connectivity index (χ0v) is 13.7. The van der Waals surface area contributed by atoms with E-state index in [2.05, 4.69) is 17.2 Å². The van der Waals surface area contributed by atoms with Crippen molar-refractivity contribution < 1.29 is 28.6 Å². The molecule has 1 atom stereocenters. The molecule has 0 bridgehead atoms. The molecule has 0 aliphatic rings. The first kappa shape index (κ1) is 20.1. The summed E-state index contributed by atoms with van der Waals surface area (Å²) in [7, 11) is 0. The number of halogens is 1. The first-order chi connectivity index (χ1) is 11.9. The Balaban J connectivity index is 2.31. The maximum atomic E-state index is 12.8. The molecule has 25 heavy (non-hydrogen) atoms. The zero-order valence-electron chi connectivity index (χ0n) is 13.7. The molecule has 0 aliphatic heterocycles. The number of hydrogen-bond donors (Lipinski definition) is 3. The van der Waals surface area contributed by atoms with Crippen molar-refractivity contribution in [3.8, 4) is 0 Å². The molecule has 0 spiro atoms. The Morgan fingerprint density at radius 1 is 1.24 bits per heavy atom. The smallest absolute Gasteiger partial charge is 0.408 e. The molecule has 0 saturated heterocycles. The second-order valence-corrected chi connectivity index (χ2v) is 5.23. The summed E-state index contributed by atoms with van der Waals surface area (Å²) in [6, 6.07) is 4.32. The molecule has 0 aliphatic carbocycles. The van der Waals surface area contributed by atoms with Crippen molar-refractivity contribution in [2.45, 2.75) is 31.9 Å². The van der Waals surface area contributed by atoms with Crippen molar-refractivity contribution in [1.29, 1.82) is 0 Å². The number of nitrogens with one attached hydrogen (secondary N) is 2. The molecule has 8 heteroatoms. The molecule has 3 N–H and O–H groups in total. The molecule has 0 unspecified atom stereocenters. The highest BCUT2D eigenvalue weighted by molar-refractivity contribution is 5.86. The molecule has 7 nitrogen and oxygen atoms in total. The van der Waals surface area contributed by atoms with Crippen LogP contribution >= 0.6 is 0 Å². The van der Waals surface area contributed by atoms with Gasteiger partial charge in [0.1, 0.15) is 18.5 Å². The van der Waals surface area contributed by atoms with Gasteiger partial charge in [-0.1, -0.05) is 18.7 Å². The van der Waals surface area contributed by atoms with Crippen LogP contribution in [0, 0.1) is 5.82 Å². The highest BCUT2D eigenvalue weighted by atomic mass is 19.1. The number of amides is 2. The Morgan fingerprint density at radius 2 is 1.92 bits per heavy atom. The van der Waals surface area contributed by atoms with Crippen molar-refractivity contribution in [3.05, 3.63) is 48.3 Å². The number of aliphatic carboxylic acids is 1. The average Bonchev–Trinajstić information content (AvgIpc) is 2.59. The van der Waals surface area contributed by atoms with Gasteiger partial charge < -0.3 is 20.5 Å². The van der Waals surface area contributed by atoms with Gasteiger partial charge in [0.05, 0.1) is 0 Å². The minimum Gasteiger partial charge on any atom is -0.480 e. The Labute approximate surface area is 144 Å². The Bertz CT molecular complexity index is 604. The molecule has 0 aromatic heterocycles. The van der Waals surface area contributed by atoms with E-state index in [1.807, 2.05) is 0 Å². The van der Waals surface area contributed by atoms with E-state index in [-0.39, 0.29) is 18.9 Å². The lowest BCUT2D eigenvalue weighted by atomic mass is 10.1. The Morgan fingerprint density at radius 3 is 2.52 bits per heavy atom. The molecule has 0 saturated carbocycles. The van der Waals surface area contributed by atoms with E-state index in [1.54, 1.807) is 0 Å². The summed E-state index contributed by atoms with van der Waals surface area (Å²) in [6.07, 6.45) is 1.54. The fourth-order valence-electron chi connectivity index (χ4n) is 1.93. The molecule has 0 heterocycles. The lowest BCUT2D eigenvalue weighted by Gasteiger charge is -2.14. The summed E-state index contributed by atoms with van der Waals surface area (Å²) in [5, 5.41) is 14.0. The van der Waals surface area contributed by atoms with Crippen LogP contribution in [0.5, 0.6) is 0 Å². The van der Waals surface area contributed by atoms with Crippen LogP contribution < -0.4 is 10.6 Å². The Kier molecular flexibility index (Phi) is 8.70. The van der Waals surface area contributed by atoms with Gasteiger partial charge in [-0.3, -0.25) is 4.79 Å². The van der Waals surface area contributed by atoms with E-state index >= 15 is 0 Å². The van der Waals surface area contributed by atoms with Crippen LogP contribution in [0.25, 0.3) is 0 Å². The lowest BCUT2D eigenvalue weighted by Crippen LogP contribution is -2.41. The standard InChI is InChI=1S/C17H21FN2O5/c1-2-15(21)19-10-4-3-5-14(16(22)23)20-17(24)25-11-12-6-8-13(18)9-7-12/h2,6-9,14H,1,3-5,10-11H2,(H,19,21)(H,20,24)(H,22,23)/t14-/m0/s1. The minimum absolute atomic E-state index is 0.0912. The van der Waals surface area contributed by atoms with Crippen LogP contribution in [0.4, 0.5) is 9.18 Å². The molecule has 1 rings (SSSR count). The number of unbranched alkanes of at least 4 members (excludes halogenated alkanes) is 1. The fraction of sp³-hybridized carbons (Fsp3) is 0.353. The van der Waals surface area contributed by atoms with E-state index in [0.717, 1.165) is 6.08 Å². The lowest BCUT2D eigenvalue weighted by molar-refractivity contribution is -0.139. The van der Waals surface area contributed by atoms with E-state index in [1.165, 1.54) is 24.3 Å². The fourth-order valence-corrected chi connectivity index (χ4v) is 1.93. The monoisotopic (exact) mass is 352 g/mol. The molecule has 0 radical (unpaired) electrons. The van der Waals surface area contributed by atoms with Crippen molar-refractivity contribution >= 4 is 18.0 Å².